The molecule has 0 aromatic rings. The van der Waals surface area contributed by atoms with E-state index in [-0.39, 0.29) is 5.60 Å². The average molecular weight is 262 g/mol. The van der Waals surface area contributed by atoms with Gasteiger partial charge in [-0.3, -0.25) is 0 Å². The Morgan fingerprint density at radius 2 is 1.32 bits per heavy atom. The van der Waals surface area contributed by atoms with Crippen LogP contribution in [0, 0.1) is 35.5 Å². The van der Waals surface area contributed by atoms with Crippen LogP contribution in [-0.2, 0) is 0 Å². The van der Waals surface area contributed by atoms with Crippen LogP contribution in [0.25, 0.3) is 0 Å². The Labute approximate surface area is 118 Å². The van der Waals surface area contributed by atoms with E-state index in [1.807, 2.05) is 0 Å². The molecule has 0 aromatic heterocycles. The molecule has 0 spiro atoms. The van der Waals surface area contributed by atoms with Crippen LogP contribution in [0.5, 0.6) is 0 Å². The normalized spacial score (nSPS) is 56.5. The molecular formula is C18H30O. The Bertz CT molecular complexity index is 312. The van der Waals surface area contributed by atoms with E-state index in [4.69, 9.17) is 0 Å². The van der Waals surface area contributed by atoms with Crippen molar-refractivity contribution in [1.29, 1.82) is 0 Å². The van der Waals surface area contributed by atoms with Crippen molar-refractivity contribution >= 4 is 0 Å². The van der Waals surface area contributed by atoms with Crippen LogP contribution in [0.2, 0.25) is 0 Å². The van der Waals surface area contributed by atoms with Crippen molar-refractivity contribution in [1.82, 2.24) is 0 Å². The zero-order chi connectivity index (χ0) is 13.0. The monoisotopic (exact) mass is 262 g/mol. The minimum absolute atomic E-state index is 0.244. The summed E-state index contributed by atoms with van der Waals surface area (Å²) in [6.45, 7) is 2.34. The highest BCUT2D eigenvalue weighted by molar-refractivity contribution is 5.09. The molecule has 0 amide bonds. The van der Waals surface area contributed by atoms with Crippen molar-refractivity contribution in [2.24, 2.45) is 35.5 Å². The predicted octanol–water partition coefficient (Wildman–Crippen LogP) is 4.39. The fourth-order valence-electron chi connectivity index (χ4n) is 6.64. The zero-order valence-corrected chi connectivity index (χ0v) is 12.5. The molecule has 4 bridgehead atoms. The summed E-state index contributed by atoms with van der Waals surface area (Å²) < 4.78 is 0. The van der Waals surface area contributed by atoms with Gasteiger partial charge in [0.25, 0.3) is 0 Å². The predicted molar refractivity (Wildman–Crippen MR) is 77.7 cm³/mol. The number of rotatable bonds is 2. The molecule has 0 saturated heterocycles. The summed E-state index contributed by atoms with van der Waals surface area (Å²) in [5.74, 6) is 4.91. The van der Waals surface area contributed by atoms with Crippen LogP contribution in [0.1, 0.15) is 71.1 Å². The maximum absolute atomic E-state index is 11.6. The summed E-state index contributed by atoms with van der Waals surface area (Å²) in [6.07, 6.45) is 13.7. The Morgan fingerprint density at radius 3 is 1.79 bits per heavy atom. The lowest BCUT2D eigenvalue weighted by Crippen LogP contribution is -2.61. The van der Waals surface area contributed by atoms with E-state index in [1.165, 1.54) is 64.2 Å². The summed E-state index contributed by atoms with van der Waals surface area (Å²) in [4.78, 5) is 0. The van der Waals surface area contributed by atoms with Crippen molar-refractivity contribution in [3.8, 4) is 0 Å². The lowest BCUT2D eigenvalue weighted by molar-refractivity contribution is -0.208. The molecule has 5 saturated carbocycles. The fraction of sp³-hybridized carbons (Fsp3) is 1.00. The van der Waals surface area contributed by atoms with Gasteiger partial charge in [-0.2, -0.15) is 0 Å². The standard InChI is InChI=1S/C18H30O/c1-2-12-3-5-15(6-4-12)18(19)16-8-13-7-14(10-16)11-17(18)9-13/h12-17,19H,2-11H2,1H3. The van der Waals surface area contributed by atoms with E-state index >= 15 is 0 Å². The largest absolute Gasteiger partial charge is 0.389 e. The van der Waals surface area contributed by atoms with Gasteiger partial charge in [-0.05, 0) is 80.5 Å². The third kappa shape index (κ3) is 1.83. The molecule has 0 atom stereocenters. The molecule has 1 N–H and O–H groups in total. The van der Waals surface area contributed by atoms with Crippen molar-refractivity contribution in [2.45, 2.75) is 76.7 Å². The van der Waals surface area contributed by atoms with Crippen LogP contribution in [0.3, 0.4) is 0 Å². The lowest BCUT2D eigenvalue weighted by Gasteiger charge is -2.62. The Morgan fingerprint density at radius 1 is 0.789 bits per heavy atom. The van der Waals surface area contributed by atoms with Crippen LogP contribution < -0.4 is 0 Å². The Kier molecular flexibility index (Phi) is 2.99. The minimum Gasteiger partial charge on any atom is -0.389 e. The van der Waals surface area contributed by atoms with Gasteiger partial charge in [0.15, 0.2) is 0 Å². The molecule has 5 rings (SSSR count). The second-order valence-corrected chi connectivity index (χ2v) is 8.32. The van der Waals surface area contributed by atoms with E-state index in [0.29, 0.717) is 17.8 Å². The first-order chi connectivity index (χ1) is 9.20. The lowest BCUT2D eigenvalue weighted by atomic mass is 9.46. The highest BCUT2D eigenvalue weighted by Crippen LogP contribution is 2.62. The molecule has 0 aliphatic heterocycles. The minimum atomic E-state index is -0.244. The molecular weight excluding hydrogens is 232 g/mol. The van der Waals surface area contributed by atoms with E-state index in [9.17, 15) is 5.11 Å². The highest BCUT2D eigenvalue weighted by atomic mass is 16.3. The molecule has 5 fully saturated rings. The van der Waals surface area contributed by atoms with E-state index in [1.54, 1.807) is 0 Å². The molecule has 0 radical (unpaired) electrons. The third-order valence-corrected chi connectivity index (χ3v) is 7.52. The first kappa shape index (κ1) is 12.7. The number of aliphatic hydroxyl groups is 1. The molecule has 19 heavy (non-hydrogen) atoms. The smallest absolute Gasteiger partial charge is 0.0732 e. The fourth-order valence-corrected chi connectivity index (χ4v) is 6.64. The Balaban J connectivity index is 1.53. The SMILES string of the molecule is CCC1CCC(C2(O)C3CC4CC(C3)CC2C4)CC1. The van der Waals surface area contributed by atoms with Crippen molar-refractivity contribution in [2.75, 3.05) is 0 Å². The van der Waals surface area contributed by atoms with Gasteiger partial charge in [0.2, 0.25) is 0 Å². The highest BCUT2D eigenvalue weighted by Gasteiger charge is 2.59. The molecule has 5 aliphatic carbocycles. The molecule has 1 heteroatoms. The molecule has 0 heterocycles. The van der Waals surface area contributed by atoms with Gasteiger partial charge < -0.3 is 5.11 Å². The molecule has 5 aliphatic rings. The van der Waals surface area contributed by atoms with Gasteiger partial charge in [0.05, 0.1) is 5.60 Å². The zero-order valence-electron chi connectivity index (χ0n) is 12.5. The third-order valence-electron chi connectivity index (χ3n) is 7.52. The summed E-state index contributed by atoms with van der Waals surface area (Å²) in [5, 5.41) is 11.6. The van der Waals surface area contributed by atoms with Crippen molar-refractivity contribution < 1.29 is 5.11 Å². The summed E-state index contributed by atoms with van der Waals surface area (Å²) in [7, 11) is 0. The van der Waals surface area contributed by atoms with Gasteiger partial charge in [-0.25, -0.2) is 0 Å². The van der Waals surface area contributed by atoms with Crippen LogP contribution >= 0.6 is 0 Å². The molecule has 108 valence electrons. The molecule has 1 nitrogen and oxygen atoms in total. The van der Waals surface area contributed by atoms with Gasteiger partial charge in [-0.15, -0.1) is 0 Å². The van der Waals surface area contributed by atoms with Crippen LogP contribution in [0.4, 0.5) is 0 Å². The van der Waals surface area contributed by atoms with Gasteiger partial charge in [0.1, 0.15) is 0 Å². The average Bonchev–Trinajstić information content (AvgIpc) is 2.44. The van der Waals surface area contributed by atoms with Gasteiger partial charge in [-0.1, -0.05) is 26.2 Å². The molecule has 0 aromatic carbocycles. The van der Waals surface area contributed by atoms with Crippen LogP contribution in [-0.4, -0.2) is 10.7 Å². The maximum Gasteiger partial charge on any atom is 0.0732 e. The van der Waals surface area contributed by atoms with Gasteiger partial charge in [0, 0.05) is 0 Å². The first-order valence-electron chi connectivity index (χ1n) is 8.92. The van der Waals surface area contributed by atoms with E-state index in [2.05, 4.69) is 6.92 Å². The van der Waals surface area contributed by atoms with E-state index < -0.39 is 0 Å². The summed E-state index contributed by atoms with van der Waals surface area (Å²) >= 11 is 0. The van der Waals surface area contributed by atoms with Crippen molar-refractivity contribution in [3.63, 3.8) is 0 Å². The molecule has 0 unspecified atom stereocenters. The second-order valence-electron chi connectivity index (χ2n) is 8.32. The maximum atomic E-state index is 11.6. The van der Waals surface area contributed by atoms with Crippen LogP contribution in [0.15, 0.2) is 0 Å². The first-order valence-corrected chi connectivity index (χ1v) is 8.92. The number of hydrogen-bond donors (Lipinski definition) is 1. The number of hydrogen-bond acceptors (Lipinski definition) is 1. The summed E-state index contributed by atoms with van der Waals surface area (Å²) in [6, 6.07) is 0. The quantitative estimate of drug-likeness (QED) is 0.782. The van der Waals surface area contributed by atoms with Crippen molar-refractivity contribution in [3.05, 3.63) is 0 Å². The Hall–Kier alpha value is -0.0400. The second kappa shape index (κ2) is 4.48. The topological polar surface area (TPSA) is 20.2 Å². The summed E-state index contributed by atoms with van der Waals surface area (Å²) in [5.41, 5.74) is -0.244. The van der Waals surface area contributed by atoms with Gasteiger partial charge >= 0.3 is 0 Å². The van der Waals surface area contributed by atoms with E-state index in [0.717, 1.165) is 17.8 Å².